The van der Waals surface area contributed by atoms with Gasteiger partial charge in [-0.3, -0.25) is 4.90 Å². The van der Waals surface area contributed by atoms with Crippen molar-refractivity contribution in [3.63, 3.8) is 0 Å². The van der Waals surface area contributed by atoms with Crippen LogP contribution in [0.2, 0.25) is 0 Å². The minimum atomic E-state index is 0.907. The molecule has 2 aromatic rings. The van der Waals surface area contributed by atoms with E-state index in [4.69, 9.17) is 4.74 Å². The Kier molecular flexibility index (Phi) is 3.25. The van der Waals surface area contributed by atoms with E-state index < -0.39 is 0 Å². The van der Waals surface area contributed by atoms with Crippen molar-refractivity contribution in [1.29, 1.82) is 0 Å². The zero-order valence-electron chi connectivity index (χ0n) is 11.5. The topological polar surface area (TPSA) is 30.3 Å². The van der Waals surface area contributed by atoms with Gasteiger partial charge >= 0.3 is 0 Å². The largest absolute Gasteiger partial charge is 0.496 e. The number of benzene rings is 1. The van der Waals surface area contributed by atoms with Gasteiger partial charge in [-0.25, -0.2) is 4.98 Å². The first-order valence-corrected chi connectivity index (χ1v) is 6.62. The number of aromatic nitrogens is 2. The molecule has 0 spiro atoms. The van der Waals surface area contributed by atoms with Gasteiger partial charge in [0, 0.05) is 37.6 Å². The van der Waals surface area contributed by atoms with Crippen LogP contribution in [0.4, 0.5) is 0 Å². The molecule has 0 saturated carbocycles. The van der Waals surface area contributed by atoms with Crippen LogP contribution in [0.3, 0.4) is 0 Å². The molecule has 1 aliphatic rings. The molecule has 0 unspecified atom stereocenters. The molecule has 1 aromatic carbocycles. The van der Waals surface area contributed by atoms with E-state index in [0.717, 1.165) is 37.8 Å². The fraction of sp³-hybridized carbons (Fsp3) is 0.400. The summed E-state index contributed by atoms with van der Waals surface area (Å²) in [5.41, 5.74) is 2.52. The van der Waals surface area contributed by atoms with Crippen molar-refractivity contribution in [3.8, 4) is 5.75 Å². The van der Waals surface area contributed by atoms with Crippen LogP contribution in [-0.4, -0.2) is 28.1 Å². The SMILES string of the molecule is COc1ccc(C)cc1CN1CCn2ccnc2C1. The lowest BCUT2D eigenvalue weighted by Crippen LogP contribution is -2.33. The van der Waals surface area contributed by atoms with Gasteiger partial charge in [0.1, 0.15) is 11.6 Å². The zero-order chi connectivity index (χ0) is 13.2. The van der Waals surface area contributed by atoms with E-state index in [-0.39, 0.29) is 0 Å². The van der Waals surface area contributed by atoms with Gasteiger partial charge in [0.05, 0.1) is 13.7 Å². The maximum Gasteiger partial charge on any atom is 0.123 e. The molecule has 1 aliphatic heterocycles. The molecule has 0 bridgehead atoms. The Morgan fingerprint density at radius 2 is 2.21 bits per heavy atom. The summed E-state index contributed by atoms with van der Waals surface area (Å²) in [6, 6.07) is 6.35. The summed E-state index contributed by atoms with van der Waals surface area (Å²) < 4.78 is 7.67. The molecule has 19 heavy (non-hydrogen) atoms. The third kappa shape index (κ3) is 2.49. The second-order valence-electron chi connectivity index (χ2n) is 5.06. The van der Waals surface area contributed by atoms with E-state index in [1.165, 1.54) is 11.1 Å². The van der Waals surface area contributed by atoms with E-state index >= 15 is 0 Å². The highest BCUT2D eigenvalue weighted by atomic mass is 16.5. The molecule has 0 radical (unpaired) electrons. The van der Waals surface area contributed by atoms with Crippen LogP contribution in [-0.2, 0) is 19.6 Å². The normalized spacial score (nSPS) is 15.3. The smallest absolute Gasteiger partial charge is 0.123 e. The highest BCUT2D eigenvalue weighted by Gasteiger charge is 2.17. The minimum absolute atomic E-state index is 0.907. The van der Waals surface area contributed by atoms with Crippen molar-refractivity contribution >= 4 is 0 Å². The van der Waals surface area contributed by atoms with Gasteiger partial charge in [0.2, 0.25) is 0 Å². The van der Waals surface area contributed by atoms with Gasteiger partial charge in [-0.15, -0.1) is 0 Å². The number of fused-ring (bicyclic) bond motifs is 1. The quantitative estimate of drug-likeness (QED) is 0.844. The Morgan fingerprint density at radius 3 is 3.05 bits per heavy atom. The Bertz CT molecular complexity index is 577. The molecule has 4 nitrogen and oxygen atoms in total. The number of aryl methyl sites for hydroxylation is 1. The fourth-order valence-electron chi connectivity index (χ4n) is 2.63. The average Bonchev–Trinajstić information content (AvgIpc) is 2.86. The van der Waals surface area contributed by atoms with Gasteiger partial charge in [0.15, 0.2) is 0 Å². The third-order valence-corrected chi connectivity index (χ3v) is 3.65. The summed E-state index contributed by atoms with van der Waals surface area (Å²) in [6.07, 6.45) is 3.94. The predicted octanol–water partition coefficient (Wildman–Crippen LogP) is 2.22. The second kappa shape index (κ2) is 5.05. The Labute approximate surface area is 113 Å². The van der Waals surface area contributed by atoms with E-state index in [1.54, 1.807) is 7.11 Å². The van der Waals surface area contributed by atoms with E-state index in [0.29, 0.717) is 0 Å². The van der Waals surface area contributed by atoms with Gasteiger partial charge in [-0.2, -0.15) is 0 Å². The molecule has 0 saturated heterocycles. The Hall–Kier alpha value is -1.81. The Morgan fingerprint density at radius 1 is 1.32 bits per heavy atom. The minimum Gasteiger partial charge on any atom is -0.496 e. The summed E-state index contributed by atoms with van der Waals surface area (Å²) in [6.45, 7) is 6.01. The molecular weight excluding hydrogens is 238 g/mol. The van der Waals surface area contributed by atoms with Crippen LogP contribution in [0.5, 0.6) is 5.75 Å². The summed E-state index contributed by atoms with van der Waals surface area (Å²) in [4.78, 5) is 6.82. The highest BCUT2D eigenvalue weighted by Crippen LogP contribution is 2.23. The lowest BCUT2D eigenvalue weighted by atomic mass is 10.1. The number of methoxy groups -OCH3 is 1. The van der Waals surface area contributed by atoms with E-state index in [1.807, 2.05) is 6.20 Å². The molecule has 3 rings (SSSR count). The van der Waals surface area contributed by atoms with Crippen LogP contribution in [0.1, 0.15) is 17.0 Å². The second-order valence-corrected chi connectivity index (χ2v) is 5.06. The van der Waals surface area contributed by atoms with Gasteiger partial charge in [0.25, 0.3) is 0 Å². The monoisotopic (exact) mass is 257 g/mol. The highest BCUT2D eigenvalue weighted by molar-refractivity contribution is 5.36. The summed E-state index contributed by atoms with van der Waals surface area (Å²) in [5.74, 6) is 2.12. The van der Waals surface area contributed by atoms with E-state index in [2.05, 4.69) is 45.8 Å². The number of hydrogen-bond acceptors (Lipinski definition) is 3. The number of hydrogen-bond donors (Lipinski definition) is 0. The number of nitrogens with zero attached hydrogens (tertiary/aromatic N) is 3. The summed E-state index contributed by atoms with van der Waals surface area (Å²) in [7, 11) is 1.73. The Balaban J connectivity index is 1.77. The fourth-order valence-corrected chi connectivity index (χ4v) is 2.63. The van der Waals surface area contributed by atoms with Crippen LogP contribution in [0, 0.1) is 6.92 Å². The van der Waals surface area contributed by atoms with Crippen LogP contribution < -0.4 is 4.74 Å². The first-order valence-electron chi connectivity index (χ1n) is 6.62. The summed E-state index contributed by atoms with van der Waals surface area (Å²) in [5, 5.41) is 0. The molecular formula is C15H19N3O. The van der Waals surface area contributed by atoms with Crippen molar-refractivity contribution in [2.24, 2.45) is 0 Å². The maximum atomic E-state index is 5.45. The van der Waals surface area contributed by atoms with Crippen molar-refractivity contribution in [3.05, 3.63) is 47.5 Å². The van der Waals surface area contributed by atoms with Gasteiger partial charge < -0.3 is 9.30 Å². The molecule has 0 N–H and O–H groups in total. The molecule has 2 heterocycles. The summed E-state index contributed by atoms with van der Waals surface area (Å²) >= 11 is 0. The van der Waals surface area contributed by atoms with E-state index in [9.17, 15) is 0 Å². The van der Waals surface area contributed by atoms with Crippen LogP contribution >= 0.6 is 0 Å². The van der Waals surface area contributed by atoms with Crippen molar-refractivity contribution < 1.29 is 4.74 Å². The zero-order valence-corrected chi connectivity index (χ0v) is 11.5. The standard InChI is InChI=1S/C15H19N3O/c1-12-3-4-14(19-2)13(9-12)10-17-7-8-18-6-5-16-15(18)11-17/h3-6,9H,7-8,10-11H2,1-2H3. The lowest BCUT2D eigenvalue weighted by Gasteiger charge is -2.28. The molecule has 0 fully saturated rings. The first kappa shape index (κ1) is 12.2. The lowest BCUT2D eigenvalue weighted by molar-refractivity contribution is 0.206. The van der Waals surface area contributed by atoms with Crippen molar-refractivity contribution in [1.82, 2.24) is 14.5 Å². The third-order valence-electron chi connectivity index (χ3n) is 3.65. The first-order chi connectivity index (χ1) is 9.26. The van der Waals surface area contributed by atoms with Crippen LogP contribution in [0.15, 0.2) is 30.6 Å². The van der Waals surface area contributed by atoms with Crippen LogP contribution in [0.25, 0.3) is 0 Å². The molecule has 4 heteroatoms. The van der Waals surface area contributed by atoms with Crippen molar-refractivity contribution in [2.45, 2.75) is 26.6 Å². The maximum absolute atomic E-state index is 5.45. The molecule has 0 aliphatic carbocycles. The molecule has 1 aromatic heterocycles. The molecule has 0 amide bonds. The van der Waals surface area contributed by atoms with Crippen molar-refractivity contribution in [2.75, 3.05) is 13.7 Å². The average molecular weight is 257 g/mol. The molecule has 100 valence electrons. The number of imidazole rings is 1. The van der Waals surface area contributed by atoms with Gasteiger partial charge in [-0.1, -0.05) is 17.7 Å². The number of rotatable bonds is 3. The number of ether oxygens (including phenoxy) is 1. The predicted molar refractivity (Wildman–Crippen MR) is 74.1 cm³/mol. The van der Waals surface area contributed by atoms with Gasteiger partial charge in [-0.05, 0) is 13.0 Å². The molecule has 0 atom stereocenters.